The Morgan fingerprint density at radius 1 is 1.06 bits per heavy atom. The lowest BCUT2D eigenvalue weighted by Gasteiger charge is -2.31. The zero-order valence-corrected chi connectivity index (χ0v) is 17.3. The van der Waals surface area contributed by atoms with Crippen LogP contribution in [-0.4, -0.2) is 32.9 Å². The largest absolute Gasteiger partial charge is 0.341 e. The highest BCUT2D eigenvalue weighted by Gasteiger charge is 2.45. The van der Waals surface area contributed by atoms with Crippen LogP contribution in [0.1, 0.15) is 31.2 Å². The van der Waals surface area contributed by atoms with Crippen LogP contribution < -0.4 is 10.2 Å². The van der Waals surface area contributed by atoms with E-state index in [0.717, 1.165) is 42.2 Å². The molecular formula is C24H24FN5O. The van der Waals surface area contributed by atoms with Crippen molar-refractivity contribution in [2.45, 2.75) is 44.7 Å². The van der Waals surface area contributed by atoms with E-state index in [4.69, 9.17) is 0 Å². The Kier molecular flexibility index (Phi) is 5.10. The molecule has 3 heterocycles. The Balaban J connectivity index is 1.39. The molecule has 1 N–H and O–H groups in total. The van der Waals surface area contributed by atoms with E-state index in [2.05, 4.69) is 25.2 Å². The summed E-state index contributed by atoms with van der Waals surface area (Å²) in [6.07, 6.45) is 8.33. The minimum absolute atomic E-state index is 0.0383. The molecule has 1 aromatic carbocycles. The van der Waals surface area contributed by atoms with Crippen LogP contribution in [-0.2, 0) is 4.79 Å². The van der Waals surface area contributed by atoms with E-state index in [1.807, 2.05) is 43.3 Å². The van der Waals surface area contributed by atoms with Gasteiger partial charge in [-0.2, -0.15) is 0 Å². The van der Waals surface area contributed by atoms with Gasteiger partial charge in [-0.15, -0.1) is 0 Å². The van der Waals surface area contributed by atoms with E-state index >= 15 is 0 Å². The number of anilines is 2. The number of hydrogen-bond donors (Lipinski definition) is 1. The lowest BCUT2D eigenvalue weighted by atomic mass is 10.1. The number of rotatable bonds is 5. The molecule has 2 atom stereocenters. The Labute approximate surface area is 180 Å². The molecular weight excluding hydrogens is 393 g/mol. The summed E-state index contributed by atoms with van der Waals surface area (Å²) in [6, 6.07) is 11.6. The first-order chi connectivity index (χ1) is 15.1. The molecule has 158 valence electrons. The molecule has 2 fully saturated rings. The monoisotopic (exact) mass is 417 g/mol. The quantitative estimate of drug-likeness (QED) is 0.667. The number of amides is 1. The van der Waals surface area contributed by atoms with Crippen molar-refractivity contribution in [2.75, 3.05) is 10.2 Å². The van der Waals surface area contributed by atoms with Crippen LogP contribution >= 0.6 is 0 Å². The Morgan fingerprint density at radius 3 is 2.58 bits per heavy atom. The van der Waals surface area contributed by atoms with Gasteiger partial charge in [0, 0.05) is 23.5 Å². The number of benzene rings is 1. The van der Waals surface area contributed by atoms with Crippen molar-refractivity contribution in [1.82, 2.24) is 15.0 Å². The zero-order chi connectivity index (χ0) is 21.4. The highest BCUT2D eigenvalue weighted by Crippen LogP contribution is 2.43. The van der Waals surface area contributed by atoms with Crippen LogP contribution in [0.3, 0.4) is 0 Å². The van der Waals surface area contributed by atoms with E-state index in [0.29, 0.717) is 23.5 Å². The van der Waals surface area contributed by atoms with Crippen molar-refractivity contribution in [3.8, 4) is 11.4 Å². The number of nitrogens with one attached hydrogen (secondary N) is 1. The fourth-order valence-corrected chi connectivity index (χ4v) is 4.49. The second-order valence-electron chi connectivity index (χ2n) is 8.34. The van der Waals surface area contributed by atoms with Gasteiger partial charge >= 0.3 is 0 Å². The summed E-state index contributed by atoms with van der Waals surface area (Å²) in [5, 5.41) is 3.07. The van der Waals surface area contributed by atoms with E-state index in [1.54, 1.807) is 6.20 Å². The maximum Gasteiger partial charge on any atom is 0.247 e. The minimum atomic E-state index is -0.480. The van der Waals surface area contributed by atoms with Gasteiger partial charge in [-0.3, -0.25) is 4.79 Å². The normalized spacial score (nSPS) is 20.6. The number of halogens is 1. The smallest absolute Gasteiger partial charge is 0.247 e. The summed E-state index contributed by atoms with van der Waals surface area (Å²) >= 11 is 0. The topological polar surface area (TPSA) is 71.0 Å². The Bertz CT molecular complexity index is 1080. The zero-order valence-electron chi connectivity index (χ0n) is 17.3. The SMILES string of the molecule is Cc1ccc(NC(=O)[C@H]2CCC(C3CC3)N2c2ccccn2)cc1-c1ncc(F)cn1. The van der Waals surface area contributed by atoms with Crippen molar-refractivity contribution < 1.29 is 9.18 Å². The van der Waals surface area contributed by atoms with Gasteiger partial charge in [-0.05, 0) is 68.4 Å². The second kappa shape index (κ2) is 8.06. The van der Waals surface area contributed by atoms with Crippen molar-refractivity contribution in [2.24, 2.45) is 5.92 Å². The summed E-state index contributed by atoms with van der Waals surface area (Å²) in [5.41, 5.74) is 2.39. The van der Waals surface area contributed by atoms with Gasteiger partial charge in [0.05, 0.1) is 12.4 Å². The van der Waals surface area contributed by atoms with Crippen molar-refractivity contribution in [3.05, 3.63) is 66.4 Å². The fraction of sp³-hybridized carbons (Fsp3) is 0.333. The average molecular weight is 417 g/mol. The van der Waals surface area contributed by atoms with Gasteiger partial charge in [0.15, 0.2) is 11.6 Å². The predicted molar refractivity (Wildman–Crippen MR) is 117 cm³/mol. The summed E-state index contributed by atoms with van der Waals surface area (Å²) in [6.45, 7) is 1.94. The van der Waals surface area contributed by atoms with Crippen LogP contribution in [0.15, 0.2) is 55.0 Å². The summed E-state index contributed by atoms with van der Waals surface area (Å²) in [4.78, 5) is 28.2. The fourth-order valence-electron chi connectivity index (χ4n) is 4.49. The third kappa shape index (κ3) is 4.00. The number of aromatic nitrogens is 3. The average Bonchev–Trinajstić information content (AvgIpc) is 3.54. The molecule has 2 aliphatic rings. The molecule has 1 aliphatic heterocycles. The van der Waals surface area contributed by atoms with Gasteiger partial charge in [-0.25, -0.2) is 19.3 Å². The number of nitrogens with zero attached hydrogens (tertiary/aromatic N) is 4. The summed E-state index contributed by atoms with van der Waals surface area (Å²) in [7, 11) is 0. The number of carbonyl (C=O) groups excluding carboxylic acids is 1. The van der Waals surface area contributed by atoms with E-state index in [-0.39, 0.29) is 11.9 Å². The van der Waals surface area contributed by atoms with E-state index in [9.17, 15) is 9.18 Å². The maximum absolute atomic E-state index is 13.3. The predicted octanol–water partition coefficient (Wildman–Crippen LogP) is 4.37. The maximum atomic E-state index is 13.3. The molecule has 6 nitrogen and oxygen atoms in total. The molecule has 0 bridgehead atoms. The molecule has 5 rings (SSSR count). The molecule has 1 unspecified atom stereocenters. The molecule has 1 saturated carbocycles. The van der Waals surface area contributed by atoms with Gasteiger partial charge in [0.1, 0.15) is 11.9 Å². The molecule has 3 aromatic rings. The third-order valence-corrected chi connectivity index (χ3v) is 6.18. The highest BCUT2D eigenvalue weighted by atomic mass is 19.1. The van der Waals surface area contributed by atoms with Crippen LogP contribution in [0.5, 0.6) is 0 Å². The summed E-state index contributed by atoms with van der Waals surface area (Å²) < 4.78 is 13.2. The van der Waals surface area contributed by atoms with E-state index in [1.165, 1.54) is 12.8 Å². The second-order valence-corrected chi connectivity index (χ2v) is 8.34. The lowest BCUT2D eigenvalue weighted by Crippen LogP contribution is -2.44. The number of pyridine rings is 1. The third-order valence-electron chi connectivity index (χ3n) is 6.18. The van der Waals surface area contributed by atoms with E-state index < -0.39 is 5.82 Å². The minimum Gasteiger partial charge on any atom is -0.341 e. The van der Waals surface area contributed by atoms with Crippen molar-refractivity contribution in [1.29, 1.82) is 0 Å². The molecule has 0 radical (unpaired) electrons. The van der Waals surface area contributed by atoms with Crippen molar-refractivity contribution >= 4 is 17.4 Å². The van der Waals surface area contributed by atoms with Gasteiger partial charge in [-0.1, -0.05) is 12.1 Å². The van der Waals surface area contributed by atoms with Gasteiger partial charge < -0.3 is 10.2 Å². The van der Waals surface area contributed by atoms with Gasteiger partial charge in [0.2, 0.25) is 5.91 Å². The molecule has 1 saturated heterocycles. The first-order valence-electron chi connectivity index (χ1n) is 10.7. The number of carbonyl (C=O) groups is 1. The van der Waals surface area contributed by atoms with Crippen molar-refractivity contribution in [3.63, 3.8) is 0 Å². The molecule has 31 heavy (non-hydrogen) atoms. The molecule has 0 spiro atoms. The summed E-state index contributed by atoms with van der Waals surface area (Å²) in [5.74, 6) is 1.43. The van der Waals surface area contributed by atoms with Gasteiger partial charge in [0.25, 0.3) is 0 Å². The first-order valence-corrected chi connectivity index (χ1v) is 10.7. The number of hydrogen-bond acceptors (Lipinski definition) is 5. The number of aryl methyl sites for hydroxylation is 1. The Morgan fingerprint density at radius 2 is 1.87 bits per heavy atom. The van der Waals surface area contributed by atoms with Crippen LogP contribution in [0.4, 0.5) is 15.9 Å². The highest BCUT2D eigenvalue weighted by molar-refractivity contribution is 5.97. The lowest BCUT2D eigenvalue weighted by molar-refractivity contribution is -0.117. The molecule has 1 aliphatic carbocycles. The Hall–Kier alpha value is -3.35. The van der Waals surface area contributed by atoms with Crippen LogP contribution in [0.2, 0.25) is 0 Å². The molecule has 2 aromatic heterocycles. The standard InChI is InChI=1S/C24H24FN5O/c1-15-5-8-18(12-19(15)23-27-13-17(25)14-28-23)29-24(31)21-10-9-20(16-6-7-16)30(21)22-4-2-3-11-26-22/h2-5,8,11-14,16,20-21H,6-7,9-10H2,1H3,(H,29,31)/t20?,21-/m1/s1. The molecule has 1 amide bonds. The van der Waals surface area contributed by atoms with Crippen LogP contribution in [0.25, 0.3) is 11.4 Å². The molecule has 7 heteroatoms. The van der Waals surface area contributed by atoms with Crippen LogP contribution in [0, 0.1) is 18.7 Å². The first kappa shape index (κ1) is 19.6.